The number of carbonyl (C=O) groups excluding carboxylic acids is 1. The van der Waals surface area contributed by atoms with E-state index in [9.17, 15) is 13.2 Å². The van der Waals surface area contributed by atoms with Crippen LogP contribution in [0.4, 0.5) is 5.69 Å². The van der Waals surface area contributed by atoms with Crippen LogP contribution < -0.4 is 10.6 Å². The summed E-state index contributed by atoms with van der Waals surface area (Å²) in [5, 5.41) is 4.63. The van der Waals surface area contributed by atoms with Crippen LogP contribution in [-0.4, -0.2) is 38.3 Å². The number of aryl methyl sites for hydroxylation is 1. The summed E-state index contributed by atoms with van der Waals surface area (Å²) >= 11 is 0. The van der Waals surface area contributed by atoms with Crippen molar-refractivity contribution in [1.29, 1.82) is 0 Å². The maximum absolute atomic E-state index is 12.8. The van der Waals surface area contributed by atoms with Gasteiger partial charge in [0, 0.05) is 18.8 Å². The van der Waals surface area contributed by atoms with E-state index >= 15 is 0 Å². The second-order valence-electron chi connectivity index (χ2n) is 6.36. The van der Waals surface area contributed by atoms with E-state index < -0.39 is 10.0 Å². The summed E-state index contributed by atoms with van der Waals surface area (Å²) in [5.74, 6) is 0.592. The molecule has 148 valence electrons. The molecule has 0 spiro atoms. The van der Waals surface area contributed by atoms with Gasteiger partial charge >= 0.3 is 0 Å². The molecule has 1 heterocycles. The van der Waals surface area contributed by atoms with Crippen LogP contribution in [0.5, 0.6) is 0 Å². The minimum Gasteiger partial charge on any atom is -0.463 e. The second kappa shape index (κ2) is 9.16. The zero-order valence-corrected chi connectivity index (χ0v) is 17.0. The SMILES string of the molecule is CCN(CC)S(=O)(=O)c1cc(NC(=O)C[NH2+][C@H](C)c2ccco2)ccc1C. The Morgan fingerprint density at radius 1 is 1.26 bits per heavy atom. The number of benzene rings is 1. The lowest BCUT2D eigenvalue weighted by Crippen LogP contribution is -2.86. The van der Waals surface area contributed by atoms with E-state index in [2.05, 4.69) is 5.32 Å². The van der Waals surface area contributed by atoms with Gasteiger partial charge < -0.3 is 15.1 Å². The van der Waals surface area contributed by atoms with E-state index in [4.69, 9.17) is 4.42 Å². The van der Waals surface area contributed by atoms with Crippen molar-refractivity contribution in [2.75, 3.05) is 25.0 Å². The van der Waals surface area contributed by atoms with E-state index in [1.807, 2.05) is 24.4 Å². The Hall–Kier alpha value is -2.16. The van der Waals surface area contributed by atoms with E-state index in [0.717, 1.165) is 5.76 Å². The van der Waals surface area contributed by atoms with Gasteiger partial charge in [-0.15, -0.1) is 0 Å². The van der Waals surface area contributed by atoms with Crippen LogP contribution in [0.3, 0.4) is 0 Å². The molecule has 1 amide bonds. The van der Waals surface area contributed by atoms with E-state index in [0.29, 0.717) is 24.3 Å². The smallest absolute Gasteiger partial charge is 0.279 e. The quantitative estimate of drug-likeness (QED) is 0.679. The number of hydrogen-bond acceptors (Lipinski definition) is 4. The van der Waals surface area contributed by atoms with Crippen LogP contribution in [0.2, 0.25) is 0 Å². The Labute approximate surface area is 160 Å². The lowest BCUT2D eigenvalue weighted by molar-refractivity contribution is -0.684. The Bertz CT molecular complexity index is 859. The standard InChI is InChI=1S/C19H27N3O4S/c1-5-22(6-2)27(24,25)18-12-16(10-9-14(18)3)21-19(23)13-20-15(4)17-8-7-11-26-17/h7-12,15,20H,5-6,13H2,1-4H3,(H,21,23)/p+1/t15-/m1/s1. The molecule has 8 heteroatoms. The van der Waals surface area contributed by atoms with Gasteiger partial charge in [-0.3, -0.25) is 4.79 Å². The summed E-state index contributed by atoms with van der Waals surface area (Å²) < 4.78 is 32.3. The molecule has 3 N–H and O–H groups in total. The minimum absolute atomic E-state index is 0.0161. The van der Waals surface area contributed by atoms with Crippen LogP contribution in [-0.2, 0) is 14.8 Å². The normalized spacial score (nSPS) is 12.9. The molecule has 0 radical (unpaired) electrons. The van der Waals surface area contributed by atoms with E-state index in [-0.39, 0.29) is 23.4 Å². The molecule has 0 unspecified atom stereocenters. The highest BCUT2D eigenvalue weighted by Crippen LogP contribution is 2.23. The molecule has 1 atom stereocenters. The summed E-state index contributed by atoms with van der Waals surface area (Å²) in [5.41, 5.74) is 1.12. The van der Waals surface area contributed by atoms with E-state index in [1.54, 1.807) is 39.2 Å². The third-order valence-corrected chi connectivity index (χ3v) is 6.64. The van der Waals surface area contributed by atoms with Crippen molar-refractivity contribution >= 4 is 21.6 Å². The van der Waals surface area contributed by atoms with Gasteiger partial charge in [0.15, 0.2) is 12.3 Å². The summed E-state index contributed by atoms with van der Waals surface area (Å²) in [4.78, 5) is 12.5. The monoisotopic (exact) mass is 394 g/mol. The molecule has 1 aromatic carbocycles. The minimum atomic E-state index is -3.58. The predicted molar refractivity (Wildman–Crippen MR) is 104 cm³/mol. The van der Waals surface area contributed by atoms with Crippen molar-refractivity contribution in [2.24, 2.45) is 0 Å². The fourth-order valence-corrected chi connectivity index (χ4v) is 4.53. The van der Waals surface area contributed by atoms with Gasteiger partial charge in [0.25, 0.3) is 5.91 Å². The number of carbonyl (C=O) groups is 1. The Kier molecular flexibility index (Phi) is 7.18. The number of nitrogens with one attached hydrogen (secondary N) is 1. The molecular formula is C19H28N3O4S+. The number of nitrogens with zero attached hydrogens (tertiary/aromatic N) is 1. The molecular weight excluding hydrogens is 366 g/mol. The fraction of sp³-hybridized carbons (Fsp3) is 0.421. The molecule has 7 nitrogen and oxygen atoms in total. The number of furan rings is 1. The van der Waals surface area contributed by atoms with Gasteiger partial charge in [0.2, 0.25) is 10.0 Å². The first-order valence-electron chi connectivity index (χ1n) is 9.07. The Morgan fingerprint density at radius 3 is 2.56 bits per heavy atom. The van der Waals surface area contributed by atoms with Gasteiger partial charge in [-0.2, -0.15) is 4.31 Å². The van der Waals surface area contributed by atoms with Crippen LogP contribution >= 0.6 is 0 Å². The highest BCUT2D eigenvalue weighted by molar-refractivity contribution is 7.89. The van der Waals surface area contributed by atoms with Crippen molar-refractivity contribution in [1.82, 2.24) is 4.31 Å². The van der Waals surface area contributed by atoms with Crippen LogP contribution in [0.25, 0.3) is 0 Å². The largest absolute Gasteiger partial charge is 0.463 e. The molecule has 0 aliphatic heterocycles. The molecule has 27 heavy (non-hydrogen) atoms. The first-order valence-corrected chi connectivity index (χ1v) is 10.5. The molecule has 2 aromatic rings. The summed E-state index contributed by atoms with van der Waals surface area (Å²) in [6.07, 6.45) is 1.60. The fourth-order valence-electron chi connectivity index (χ4n) is 2.82. The molecule has 0 aliphatic rings. The summed E-state index contributed by atoms with van der Waals surface area (Å²) in [6.45, 7) is 8.31. The molecule has 0 bridgehead atoms. The summed E-state index contributed by atoms with van der Waals surface area (Å²) in [6, 6.07) is 8.64. The number of nitrogens with two attached hydrogens (primary N) is 1. The van der Waals surface area contributed by atoms with Gasteiger partial charge in [-0.25, -0.2) is 8.42 Å². The second-order valence-corrected chi connectivity index (χ2v) is 8.27. The topological polar surface area (TPSA) is 96.2 Å². The van der Waals surface area contributed by atoms with Crippen LogP contribution in [0.15, 0.2) is 45.9 Å². The van der Waals surface area contributed by atoms with Crippen molar-refractivity contribution in [3.8, 4) is 0 Å². The first-order chi connectivity index (χ1) is 12.8. The number of rotatable bonds is 9. The number of sulfonamides is 1. The predicted octanol–water partition coefficient (Wildman–Crippen LogP) is 1.88. The van der Waals surface area contributed by atoms with E-state index in [1.165, 1.54) is 10.4 Å². The third-order valence-electron chi connectivity index (χ3n) is 4.44. The highest BCUT2D eigenvalue weighted by atomic mass is 32.2. The molecule has 2 rings (SSSR count). The maximum atomic E-state index is 12.8. The molecule has 0 saturated carbocycles. The number of hydrogen-bond donors (Lipinski definition) is 2. The van der Waals surface area contributed by atoms with Crippen LogP contribution in [0.1, 0.15) is 38.1 Å². The zero-order chi connectivity index (χ0) is 20.0. The summed E-state index contributed by atoms with van der Waals surface area (Å²) in [7, 11) is -3.58. The van der Waals surface area contributed by atoms with Crippen molar-refractivity contribution in [3.05, 3.63) is 47.9 Å². The van der Waals surface area contributed by atoms with Gasteiger partial charge in [-0.05, 0) is 43.7 Å². The lowest BCUT2D eigenvalue weighted by Gasteiger charge is -2.20. The molecule has 0 saturated heterocycles. The van der Waals surface area contributed by atoms with Gasteiger partial charge in [0.05, 0.1) is 11.2 Å². The molecule has 0 fully saturated rings. The average molecular weight is 395 g/mol. The number of anilines is 1. The lowest BCUT2D eigenvalue weighted by atomic mass is 10.2. The number of amides is 1. The number of quaternary nitrogens is 1. The Balaban J connectivity index is 2.08. The van der Waals surface area contributed by atoms with Crippen molar-refractivity contribution in [3.63, 3.8) is 0 Å². The van der Waals surface area contributed by atoms with Crippen molar-refractivity contribution < 1.29 is 22.9 Å². The average Bonchev–Trinajstić information content (AvgIpc) is 3.16. The van der Waals surface area contributed by atoms with Gasteiger partial charge in [0.1, 0.15) is 6.04 Å². The highest BCUT2D eigenvalue weighted by Gasteiger charge is 2.24. The maximum Gasteiger partial charge on any atom is 0.279 e. The van der Waals surface area contributed by atoms with Gasteiger partial charge in [-0.1, -0.05) is 19.9 Å². The zero-order valence-electron chi connectivity index (χ0n) is 16.2. The van der Waals surface area contributed by atoms with Crippen molar-refractivity contribution in [2.45, 2.75) is 38.6 Å². The Morgan fingerprint density at radius 2 is 1.96 bits per heavy atom. The molecule has 0 aliphatic carbocycles. The first kappa shape index (κ1) is 21.1. The third kappa shape index (κ3) is 5.18. The van der Waals surface area contributed by atoms with Crippen LogP contribution in [0, 0.1) is 6.92 Å². The molecule has 1 aromatic heterocycles.